The van der Waals surface area contributed by atoms with E-state index in [-0.39, 0.29) is 0 Å². The minimum absolute atomic E-state index is 0.679. The third-order valence-corrected chi connectivity index (χ3v) is 3.41. The first-order valence-electron chi connectivity index (χ1n) is 6.78. The maximum Gasteiger partial charge on any atom is 0.122 e. The van der Waals surface area contributed by atoms with Crippen molar-refractivity contribution in [3.63, 3.8) is 0 Å². The summed E-state index contributed by atoms with van der Waals surface area (Å²) in [7, 11) is 0. The fourth-order valence-corrected chi connectivity index (χ4v) is 2.55. The number of fused-ring (bicyclic) bond motifs is 1. The van der Waals surface area contributed by atoms with E-state index in [1.165, 1.54) is 16.5 Å². The van der Waals surface area contributed by atoms with Crippen molar-refractivity contribution in [3.05, 3.63) is 59.2 Å². The molecule has 3 heteroatoms. The predicted molar refractivity (Wildman–Crippen MR) is 82.0 cm³/mol. The molecule has 0 saturated heterocycles. The molecule has 0 atom stereocenters. The Morgan fingerprint density at radius 3 is 2.75 bits per heavy atom. The van der Waals surface area contributed by atoms with Crippen LogP contribution in [0.2, 0.25) is 0 Å². The Labute approximate surface area is 118 Å². The Hall–Kier alpha value is -2.29. The summed E-state index contributed by atoms with van der Waals surface area (Å²) in [5.74, 6) is 0.928. The zero-order valence-corrected chi connectivity index (χ0v) is 12.0. The van der Waals surface area contributed by atoms with Crippen molar-refractivity contribution in [1.82, 2.24) is 4.98 Å². The van der Waals surface area contributed by atoms with E-state index in [0.29, 0.717) is 6.54 Å². The number of anilines is 1. The molecule has 0 spiro atoms. The highest BCUT2D eigenvalue weighted by Crippen LogP contribution is 2.27. The Morgan fingerprint density at radius 2 is 2.00 bits per heavy atom. The Bertz CT molecular complexity index is 745. The maximum absolute atomic E-state index is 5.37. The van der Waals surface area contributed by atoms with Crippen molar-refractivity contribution < 1.29 is 4.42 Å². The lowest BCUT2D eigenvalue weighted by Crippen LogP contribution is -2.01. The zero-order valence-electron chi connectivity index (χ0n) is 12.0. The molecular formula is C17H18N2O. The SMILES string of the molecule is Cc1cc(C)c2nc(C)cc(NCc3ccco3)c2c1. The molecule has 0 bridgehead atoms. The molecule has 3 aromatic rings. The van der Waals surface area contributed by atoms with Crippen LogP contribution in [0.5, 0.6) is 0 Å². The number of benzene rings is 1. The molecule has 0 amide bonds. The lowest BCUT2D eigenvalue weighted by Gasteiger charge is -2.12. The number of hydrogen-bond donors (Lipinski definition) is 1. The Kier molecular flexibility index (Phi) is 3.18. The Morgan fingerprint density at radius 1 is 1.15 bits per heavy atom. The van der Waals surface area contributed by atoms with E-state index < -0.39 is 0 Å². The minimum Gasteiger partial charge on any atom is -0.467 e. The van der Waals surface area contributed by atoms with E-state index in [0.717, 1.165) is 22.7 Å². The molecule has 2 heterocycles. The molecule has 0 unspecified atom stereocenters. The molecule has 0 fully saturated rings. The topological polar surface area (TPSA) is 38.1 Å². The van der Waals surface area contributed by atoms with Crippen LogP contribution in [0.15, 0.2) is 41.0 Å². The number of pyridine rings is 1. The molecule has 1 aromatic carbocycles. The van der Waals surface area contributed by atoms with Crippen molar-refractivity contribution in [2.45, 2.75) is 27.3 Å². The van der Waals surface area contributed by atoms with E-state index >= 15 is 0 Å². The van der Waals surface area contributed by atoms with E-state index in [2.05, 4.69) is 42.3 Å². The molecule has 3 rings (SSSR count). The lowest BCUT2D eigenvalue weighted by molar-refractivity contribution is 0.518. The first kappa shape index (κ1) is 12.7. The number of nitrogens with one attached hydrogen (secondary N) is 1. The molecule has 102 valence electrons. The molecule has 0 radical (unpaired) electrons. The van der Waals surface area contributed by atoms with Gasteiger partial charge in [-0.2, -0.15) is 0 Å². The van der Waals surface area contributed by atoms with E-state index in [1.807, 2.05) is 19.1 Å². The number of rotatable bonds is 3. The van der Waals surface area contributed by atoms with Gasteiger partial charge < -0.3 is 9.73 Å². The quantitative estimate of drug-likeness (QED) is 0.765. The minimum atomic E-state index is 0.679. The lowest BCUT2D eigenvalue weighted by atomic mass is 10.0. The van der Waals surface area contributed by atoms with Crippen molar-refractivity contribution in [1.29, 1.82) is 0 Å². The van der Waals surface area contributed by atoms with E-state index in [1.54, 1.807) is 6.26 Å². The van der Waals surface area contributed by atoms with Crippen LogP contribution in [-0.4, -0.2) is 4.98 Å². The van der Waals surface area contributed by atoms with Gasteiger partial charge in [-0.25, -0.2) is 0 Å². The summed E-state index contributed by atoms with van der Waals surface area (Å²) < 4.78 is 5.37. The molecule has 3 nitrogen and oxygen atoms in total. The summed E-state index contributed by atoms with van der Waals surface area (Å²) in [5, 5.41) is 4.62. The van der Waals surface area contributed by atoms with Crippen LogP contribution in [0.4, 0.5) is 5.69 Å². The monoisotopic (exact) mass is 266 g/mol. The number of nitrogens with zero attached hydrogens (tertiary/aromatic N) is 1. The molecule has 0 aliphatic carbocycles. The fourth-order valence-electron chi connectivity index (χ4n) is 2.55. The Balaban J connectivity index is 2.04. The second-order valence-corrected chi connectivity index (χ2v) is 5.22. The average Bonchev–Trinajstić information content (AvgIpc) is 2.90. The summed E-state index contributed by atoms with van der Waals surface area (Å²) >= 11 is 0. The van der Waals surface area contributed by atoms with Crippen LogP contribution >= 0.6 is 0 Å². The summed E-state index contributed by atoms with van der Waals surface area (Å²) in [5.41, 5.74) is 5.66. The number of hydrogen-bond acceptors (Lipinski definition) is 3. The van der Waals surface area contributed by atoms with Gasteiger partial charge in [-0.05, 0) is 50.6 Å². The largest absolute Gasteiger partial charge is 0.467 e. The van der Waals surface area contributed by atoms with Gasteiger partial charge in [0.1, 0.15) is 5.76 Å². The van der Waals surface area contributed by atoms with Crippen LogP contribution in [-0.2, 0) is 6.54 Å². The van der Waals surface area contributed by atoms with Gasteiger partial charge in [-0.1, -0.05) is 11.6 Å². The number of furan rings is 1. The first-order valence-corrected chi connectivity index (χ1v) is 6.78. The van der Waals surface area contributed by atoms with Crippen LogP contribution in [0.25, 0.3) is 10.9 Å². The van der Waals surface area contributed by atoms with Crippen LogP contribution in [0.1, 0.15) is 22.6 Å². The van der Waals surface area contributed by atoms with Crippen molar-refractivity contribution >= 4 is 16.6 Å². The van der Waals surface area contributed by atoms with Gasteiger partial charge in [-0.3, -0.25) is 4.98 Å². The van der Waals surface area contributed by atoms with Crippen molar-refractivity contribution in [3.8, 4) is 0 Å². The second kappa shape index (κ2) is 5.00. The third kappa shape index (κ3) is 2.39. The van der Waals surface area contributed by atoms with E-state index in [4.69, 9.17) is 4.42 Å². The molecule has 0 aliphatic heterocycles. The predicted octanol–water partition coefficient (Wildman–Crippen LogP) is 4.37. The average molecular weight is 266 g/mol. The zero-order chi connectivity index (χ0) is 14.1. The second-order valence-electron chi connectivity index (χ2n) is 5.22. The van der Waals surface area contributed by atoms with Crippen molar-refractivity contribution in [2.24, 2.45) is 0 Å². The fraction of sp³-hybridized carbons (Fsp3) is 0.235. The summed E-state index contributed by atoms with van der Waals surface area (Å²) in [6.07, 6.45) is 1.70. The molecule has 1 N–H and O–H groups in total. The first-order chi connectivity index (χ1) is 9.63. The van der Waals surface area contributed by atoms with Crippen LogP contribution < -0.4 is 5.32 Å². The molecular weight excluding hydrogens is 248 g/mol. The van der Waals surface area contributed by atoms with Crippen LogP contribution in [0, 0.1) is 20.8 Å². The molecule has 2 aromatic heterocycles. The summed E-state index contributed by atoms with van der Waals surface area (Å²) in [6, 6.07) is 10.3. The summed E-state index contributed by atoms with van der Waals surface area (Å²) in [4.78, 5) is 4.66. The molecule has 20 heavy (non-hydrogen) atoms. The molecule has 0 aliphatic rings. The standard InChI is InChI=1S/C17H18N2O/c1-11-7-12(2)17-15(8-11)16(9-13(3)19-17)18-10-14-5-4-6-20-14/h4-9H,10H2,1-3H3,(H,18,19). The highest BCUT2D eigenvalue weighted by molar-refractivity contribution is 5.93. The van der Waals surface area contributed by atoms with Gasteiger partial charge >= 0.3 is 0 Å². The molecule has 0 saturated carbocycles. The van der Waals surface area contributed by atoms with Gasteiger partial charge in [0.15, 0.2) is 0 Å². The van der Waals surface area contributed by atoms with Crippen molar-refractivity contribution in [2.75, 3.05) is 5.32 Å². The van der Waals surface area contributed by atoms with Crippen LogP contribution in [0.3, 0.4) is 0 Å². The number of aromatic nitrogens is 1. The smallest absolute Gasteiger partial charge is 0.122 e. The third-order valence-electron chi connectivity index (χ3n) is 3.41. The maximum atomic E-state index is 5.37. The number of aryl methyl sites for hydroxylation is 3. The highest BCUT2D eigenvalue weighted by atomic mass is 16.3. The van der Waals surface area contributed by atoms with Gasteiger partial charge in [-0.15, -0.1) is 0 Å². The van der Waals surface area contributed by atoms with Gasteiger partial charge in [0, 0.05) is 16.8 Å². The normalized spacial score (nSPS) is 10.9. The summed E-state index contributed by atoms with van der Waals surface area (Å²) in [6.45, 7) is 6.93. The van der Waals surface area contributed by atoms with Gasteiger partial charge in [0.25, 0.3) is 0 Å². The van der Waals surface area contributed by atoms with Gasteiger partial charge in [0.2, 0.25) is 0 Å². The van der Waals surface area contributed by atoms with Gasteiger partial charge in [0.05, 0.1) is 18.3 Å². The van der Waals surface area contributed by atoms with E-state index in [9.17, 15) is 0 Å². The highest BCUT2D eigenvalue weighted by Gasteiger charge is 2.07.